The molecule has 0 amide bonds. The average Bonchev–Trinajstić information content (AvgIpc) is 3.84. The van der Waals surface area contributed by atoms with Gasteiger partial charge in [0.25, 0.3) is 0 Å². The second kappa shape index (κ2) is 10.6. The van der Waals surface area contributed by atoms with Crippen LogP contribution in [-0.4, -0.2) is 0 Å². The monoisotopic (exact) mass is 708 g/mol. The highest BCUT2D eigenvalue weighted by atomic mass is 32.1. The zero-order valence-corrected chi connectivity index (χ0v) is 31.0. The van der Waals surface area contributed by atoms with Crippen LogP contribution in [-0.2, 0) is 5.41 Å². The van der Waals surface area contributed by atoms with Gasteiger partial charge in [0, 0.05) is 36.4 Å². The van der Waals surface area contributed by atoms with Gasteiger partial charge >= 0.3 is 0 Å². The lowest BCUT2D eigenvalue weighted by Crippen LogP contribution is -2.14. The molecule has 0 spiro atoms. The second-order valence-corrected chi connectivity index (χ2v) is 17.3. The van der Waals surface area contributed by atoms with Crippen molar-refractivity contribution in [2.75, 3.05) is 0 Å². The lowest BCUT2D eigenvalue weighted by molar-refractivity contribution is 0.660. The van der Waals surface area contributed by atoms with Crippen LogP contribution in [0.15, 0.2) is 158 Å². The molecule has 1 aliphatic carbocycles. The van der Waals surface area contributed by atoms with E-state index in [1.165, 1.54) is 117 Å². The third-order valence-corrected chi connectivity index (χ3v) is 14.6. The van der Waals surface area contributed by atoms with Gasteiger partial charge in [-0.25, -0.2) is 0 Å². The van der Waals surface area contributed by atoms with E-state index in [1.54, 1.807) is 0 Å². The van der Waals surface area contributed by atoms with Crippen LogP contribution < -0.4 is 0 Å². The molecule has 0 saturated heterocycles. The van der Waals surface area contributed by atoms with Crippen LogP contribution in [0.4, 0.5) is 0 Å². The first kappa shape index (κ1) is 29.7. The minimum absolute atomic E-state index is 0.0532. The second-order valence-electron chi connectivity index (χ2n) is 15.2. The number of hydrogen-bond acceptors (Lipinski definition) is 2. The van der Waals surface area contributed by atoms with Crippen molar-refractivity contribution in [2.24, 2.45) is 0 Å². The van der Waals surface area contributed by atoms with E-state index in [1.807, 2.05) is 22.7 Å². The van der Waals surface area contributed by atoms with Gasteiger partial charge in [-0.3, -0.25) is 0 Å². The number of fused-ring (bicyclic) bond motifs is 14. The van der Waals surface area contributed by atoms with E-state index >= 15 is 0 Å². The summed E-state index contributed by atoms with van der Waals surface area (Å²) in [7, 11) is 0. The highest BCUT2D eigenvalue weighted by Crippen LogP contribution is 2.52. The molecule has 0 unspecified atom stereocenters. The fourth-order valence-electron chi connectivity index (χ4n) is 9.60. The van der Waals surface area contributed by atoms with Gasteiger partial charge in [0.05, 0.1) is 9.40 Å². The van der Waals surface area contributed by atoms with Gasteiger partial charge in [0.15, 0.2) is 0 Å². The third kappa shape index (κ3) is 4.00. The Morgan fingerprint density at radius 1 is 0.377 bits per heavy atom. The molecule has 0 fully saturated rings. The van der Waals surface area contributed by atoms with E-state index in [0.29, 0.717) is 0 Å². The minimum Gasteiger partial charge on any atom is -0.134 e. The first-order valence-electron chi connectivity index (χ1n) is 18.4. The molecule has 11 aromatic rings. The lowest BCUT2D eigenvalue weighted by Gasteiger charge is -2.23. The van der Waals surface area contributed by atoms with Crippen molar-refractivity contribution in [1.29, 1.82) is 0 Å². The summed E-state index contributed by atoms with van der Waals surface area (Å²) in [6.45, 7) is 4.75. The third-order valence-electron chi connectivity index (χ3n) is 12.1. The molecule has 248 valence electrons. The largest absolute Gasteiger partial charge is 0.134 e. The number of benzene rings is 9. The Morgan fingerprint density at radius 3 is 1.68 bits per heavy atom. The Morgan fingerprint density at radius 2 is 0.925 bits per heavy atom. The summed E-state index contributed by atoms with van der Waals surface area (Å²) in [6, 6.07) is 59.5. The van der Waals surface area contributed by atoms with Crippen molar-refractivity contribution < 1.29 is 0 Å². The molecule has 0 aliphatic heterocycles. The molecule has 9 aromatic carbocycles. The standard InChI is InChI=1S/C51H32S2/c1-51(2)42-18-10-9-13-33(42)34-22-19-30(27-43(34)51)46-36-14-5-7-16-38(36)47(39-17-8-6-15-37(39)46)31-20-23-35-40-24-25-41-48-32-12-4-3-11-29(32)21-26-44(48)52-50(41)49(40)53-45(35)28-31/h3-28H,1-2H3. The van der Waals surface area contributed by atoms with Gasteiger partial charge in [0.1, 0.15) is 0 Å². The summed E-state index contributed by atoms with van der Waals surface area (Å²) in [5.41, 5.74) is 10.7. The van der Waals surface area contributed by atoms with Crippen molar-refractivity contribution >= 4 is 95.3 Å². The van der Waals surface area contributed by atoms with Gasteiger partial charge in [-0.15, -0.1) is 22.7 Å². The van der Waals surface area contributed by atoms with Crippen LogP contribution in [0.3, 0.4) is 0 Å². The highest BCUT2D eigenvalue weighted by Gasteiger charge is 2.35. The zero-order chi connectivity index (χ0) is 35.0. The Kier molecular flexibility index (Phi) is 5.97. The SMILES string of the molecule is CC1(C)c2ccccc2-c2ccc(-c3c4ccccc4c(-c4ccc5c(c4)sc4c5ccc5c4sc4ccc6ccccc6c45)c4ccccc34)cc21. The van der Waals surface area contributed by atoms with Crippen molar-refractivity contribution in [2.45, 2.75) is 19.3 Å². The molecule has 12 rings (SSSR count). The maximum Gasteiger partial charge on any atom is 0.0534 e. The number of rotatable bonds is 2. The summed E-state index contributed by atoms with van der Waals surface area (Å²) >= 11 is 3.89. The molecule has 0 saturated carbocycles. The van der Waals surface area contributed by atoms with Crippen LogP contribution >= 0.6 is 22.7 Å². The van der Waals surface area contributed by atoms with Crippen molar-refractivity contribution in [3.05, 3.63) is 169 Å². The lowest BCUT2D eigenvalue weighted by atomic mass is 9.80. The normalized spacial score (nSPS) is 13.6. The Hall–Kier alpha value is -5.80. The Labute approximate surface area is 315 Å². The van der Waals surface area contributed by atoms with Crippen molar-refractivity contribution in [3.63, 3.8) is 0 Å². The van der Waals surface area contributed by atoms with Crippen molar-refractivity contribution in [1.82, 2.24) is 0 Å². The van der Waals surface area contributed by atoms with E-state index in [-0.39, 0.29) is 5.41 Å². The predicted octanol–water partition coefficient (Wildman–Crippen LogP) is 15.5. The Balaban J connectivity index is 1.08. The van der Waals surface area contributed by atoms with Crippen LogP contribution in [0.5, 0.6) is 0 Å². The average molecular weight is 709 g/mol. The topological polar surface area (TPSA) is 0 Å². The molecule has 2 heterocycles. The van der Waals surface area contributed by atoms with Gasteiger partial charge in [0.2, 0.25) is 0 Å². The molecule has 0 bridgehead atoms. The van der Waals surface area contributed by atoms with Crippen molar-refractivity contribution in [3.8, 4) is 33.4 Å². The summed E-state index contributed by atoms with van der Waals surface area (Å²) < 4.78 is 5.49. The molecule has 0 radical (unpaired) electrons. The zero-order valence-electron chi connectivity index (χ0n) is 29.3. The van der Waals surface area contributed by atoms with Crippen LogP contribution in [0.25, 0.3) is 106 Å². The van der Waals surface area contributed by atoms with E-state index in [4.69, 9.17) is 0 Å². The summed E-state index contributed by atoms with van der Waals surface area (Å²) in [6.07, 6.45) is 0. The van der Waals surface area contributed by atoms with Crippen LogP contribution in [0.2, 0.25) is 0 Å². The fraction of sp³-hybridized carbons (Fsp3) is 0.0588. The van der Waals surface area contributed by atoms with Crippen LogP contribution in [0.1, 0.15) is 25.0 Å². The number of thiophene rings is 2. The fourth-order valence-corrected chi connectivity index (χ4v) is 12.2. The molecule has 0 N–H and O–H groups in total. The summed E-state index contributed by atoms with van der Waals surface area (Å²) in [5.74, 6) is 0. The smallest absolute Gasteiger partial charge is 0.0534 e. The maximum atomic E-state index is 2.48. The molecule has 2 heteroatoms. The van der Waals surface area contributed by atoms with Gasteiger partial charge < -0.3 is 0 Å². The van der Waals surface area contributed by atoms with Crippen LogP contribution in [0, 0.1) is 0 Å². The maximum absolute atomic E-state index is 2.48. The summed E-state index contributed by atoms with van der Waals surface area (Å²) in [5, 5.41) is 13.3. The molecular formula is C51H32S2. The van der Waals surface area contributed by atoms with E-state index in [9.17, 15) is 0 Å². The first-order valence-corrected chi connectivity index (χ1v) is 20.1. The van der Waals surface area contributed by atoms with E-state index in [0.717, 1.165) is 0 Å². The van der Waals surface area contributed by atoms with E-state index in [2.05, 4.69) is 172 Å². The molecule has 0 atom stereocenters. The Bertz CT molecular complexity index is 3310. The molecule has 0 nitrogen and oxygen atoms in total. The van der Waals surface area contributed by atoms with E-state index < -0.39 is 0 Å². The molecule has 1 aliphatic rings. The molecular weight excluding hydrogens is 677 g/mol. The quantitative estimate of drug-likeness (QED) is 0.157. The van der Waals surface area contributed by atoms with Gasteiger partial charge in [-0.05, 0) is 95.0 Å². The number of hydrogen-bond donors (Lipinski definition) is 0. The minimum atomic E-state index is -0.0532. The first-order chi connectivity index (χ1) is 26.0. The van der Waals surface area contributed by atoms with Gasteiger partial charge in [-0.2, -0.15) is 0 Å². The highest BCUT2D eigenvalue weighted by molar-refractivity contribution is 7.33. The predicted molar refractivity (Wildman–Crippen MR) is 233 cm³/mol. The van der Waals surface area contributed by atoms with Gasteiger partial charge in [-0.1, -0.05) is 153 Å². The molecule has 53 heavy (non-hydrogen) atoms. The summed E-state index contributed by atoms with van der Waals surface area (Å²) in [4.78, 5) is 0. The molecule has 2 aromatic heterocycles.